The zero-order valence-electron chi connectivity index (χ0n) is 12.7. The summed E-state index contributed by atoms with van der Waals surface area (Å²) in [6.45, 7) is 3.70. The Balaban J connectivity index is 3.23. The fraction of sp³-hybridized carbons (Fsp3) is 0.600. The van der Waals surface area contributed by atoms with Crippen molar-refractivity contribution in [3.8, 4) is 0 Å². The van der Waals surface area contributed by atoms with Crippen LogP contribution in [0.15, 0.2) is 18.2 Å². The van der Waals surface area contributed by atoms with E-state index < -0.39 is 41.2 Å². The molecule has 0 bridgehead atoms. The summed E-state index contributed by atoms with van der Waals surface area (Å²) in [6.07, 6.45) is -10.4. The standard InChI is InChI=1S/C15H19F6NO/c1-8(2)3-6-12(23)13(22)10-7-9(14(16,17)18)4-5-11(10)15(19,20)21/h4-5,7-8,12-13,23H,3,6,22H2,1-2H3/t12-,13+/m0/s1. The first kappa shape index (κ1) is 19.8. The summed E-state index contributed by atoms with van der Waals surface area (Å²) in [5.41, 5.74) is 2.38. The molecule has 0 spiro atoms. The molecule has 2 nitrogen and oxygen atoms in total. The second-order valence-corrected chi connectivity index (χ2v) is 5.86. The Bertz CT molecular complexity index is 524. The highest BCUT2D eigenvalue weighted by Gasteiger charge is 2.39. The molecule has 1 aromatic carbocycles. The molecule has 0 aliphatic heterocycles. The summed E-state index contributed by atoms with van der Waals surface area (Å²) in [5.74, 6) is 0.181. The van der Waals surface area contributed by atoms with Crippen molar-refractivity contribution >= 4 is 0 Å². The number of alkyl halides is 6. The summed E-state index contributed by atoms with van der Waals surface area (Å²) >= 11 is 0. The van der Waals surface area contributed by atoms with Crippen molar-refractivity contribution in [2.24, 2.45) is 11.7 Å². The van der Waals surface area contributed by atoms with Crippen molar-refractivity contribution < 1.29 is 31.4 Å². The van der Waals surface area contributed by atoms with Gasteiger partial charge in [0, 0.05) is 0 Å². The molecular formula is C15H19F6NO. The van der Waals surface area contributed by atoms with Gasteiger partial charge < -0.3 is 10.8 Å². The van der Waals surface area contributed by atoms with Crippen molar-refractivity contribution in [1.82, 2.24) is 0 Å². The number of hydrogen-bond acceptors (Lipinski definition) is 2. The van der Waals surface area contributed by atoms with Crippen LogP contribution in [0.4, 0.5) is 26.3 Å². The predicted molar refractivity (Wildman–Crippen MR) is 73.5 cm³/mol. The third-order valence-corrected chi connectivity index (χ3v) is 3.50. The molecule has 132 valence electrons. The Morgan fingerprint density at radius 2 is 1.57 bits per heavy atom. The average molecular weight is 343 g/mol. The second kappa shape index (κ2) is 7.09. The highest BCUT2D eigenvalue weighted by molar-refractivity contribution is 5.38. The van der Waals surface area contributed by atoms with Crippen LogP contribution in [0, 0.1) is 5.92 Å². The maximum absolute atomic E-state index is 13.0. The molecule has 23 heavy (non-hydrogen) atoms. The van der Waals surface area contributed by atoms with Gasteiger partial charge in [-0.1, -0.05) is 13.8 Å². The smallest absolute Gasteiger partial charge is 0.391 e. The van der Waals surface area contributed by atoms with Crippen LogP contribution in [0.3, 0.4) is 0 Å². The molecule has 0 radical (unpaired) electrons. The lowest BCUT2D eigenvalue weighted by Crippen LogP contribution is -2.29. The monoisotopic (exact) mass is 343 g/mol. The second-order valence-electron chi connectivity index (χ2n) is 5.86. The lowest BCUT2D eigenvalue weighted by atomic mass is 9.91. The minimum absolute atomic E-state index is 0.104. The molecule has 0 amide bonds. The Hall–Kier alpha value is -1.28. The fourth-order valence-corrected chi connectivity index (χ4v) is 2.16. The summed E-state index contributed by atoms with van der Waals surface area (Å²) in [6, 6.07) is -0.466. The molecule has 0 saturated carbocycles. The van der Waals surface area contributed by atoms with Gasteiger partial charge >= 0.3 is 12.4 Å². The summed E-state index contributed by atoms with van der Waals surface area (Å²) in [5, 5.41) is 9.93. The van der Waals surface area contributed by atoms with Gasteiger partial charge in [-0.2, -0.15) is 26.3 Å². The van der Waals surface area contributed by atoms with E-state index in [2.05, 4.69) is 0 Å². The number of nitrogens with two attached hydrogens (primary N) is 1. The maximum atomic E-state index is 13.0. The van der Waals surface area contributed by atoms with Gasteiger partial charge in [-0.25, -0.2) is 0 Å². The van der Waals surface area contributed by atoms with E-state index in [-0.39, 0.29) is 12.3 Å². The predicted octanol–water partition coefficient (Wildman–Crippen LogP) is 4.52. The lowest BCUT2D eigenvalue weighted by molar-refractivity contribution is -0.142. The molecule has 1 rings (SSSR count). The number of aliphatic hydroxyl groups excluding tert-OH is 1. The lowest BCUT2D eigenvalue weighted by Gasteiger charge is -2.24. The van der Waals surface area contributed by atoms with Crippen LogP contribution < -0.4 is 5.73 Å². The summed E-state index contributed by atoms with van der Waals surface area (Å²) in [4.78, 5) is 0. The number of rotatable bonds is 5. The molecule has 0 fully saturated rings. The SMILES string of the molecule is CC(C)CC[C@H](O)[C@H](N)c1cc(C(F)(F)F)ccc1C(F)(F)F. The molecule has 0 aliphatic carbocycles. The zero-order valence-corrected chi connectivity index (χ0v) is 12.7. The van der Waals surface area contributed by atoms with Gasteiger partial charge in [-0.15, -0.1) is 0 Å². The molecule has 8 heteroatoms. The van der Waals surface area contributed by atoms with Gasteiger partial charge in [0.1, 0.15) is 0 Å². The van der Waals surface area contributed by atoms with Crippen molar-refractivity contribution in [3.63, 3.8) is 0 Å². The maximum Gasteiger partial charge on any atom is 0.416 e. The summed E-state index contributed by atoms with van der Waals surface area (Å²) in [7, 11) is 0. The van der Waals surface area contributed by atoms with Crippen LogP contribution >= 0.6 is 0 Å². The molecule has 0 aliphatic rings. The Morgan fingerprint density at radius 3 is 2.00 bits per heavy atom. The Labute approximate surface area is 130 Å². The molecule has 3 N–H and O–H groups in total. The first-order valence-corrected chi connectivity index (χ1v) is 7.06. The van der Waals surface area contributed by atoms with Crippen LogP contribution in [0.25, 0.3) is 0 Å². The molecule has 0 unspecified atom stereocenters. The minimum atomic E-state index is -4.85. The topological polar surface area (TPSA) is 46.2 Å². The molecule has 2 atom stereocenters. The van der Waals surface area contributed by atoms with E-state index in [4.69, 9.17) is 5.73 Å². The first-order valence-electron chi connectivity index (χ1n) is 7.06. The highest BCUT2D eigenvalue weighted by Crippen LogP contribution is 2.39. The number of aliphatic hydroxyl groups is 1. The van der Waals surface area contributed by atoms with E-state index >= 15 is 0 Å². The van der Waals surface area contributed by atoms with Gasteiger partial charge in [0.25, 0.3) is 0 Å². The summed E-state index contributed by atoms with van der Waals surface area (Å²) < 4.78 is 77.2. The van der Waals surface area contributed by atoms with Crippen molar-refractivity contribution in [2.75, 3.05) is 0 Å². The van der Waals surface area contributed by atoms with Gasteiger partial charge in [-0.3, -0.25) is 0 Å². The van der Waals surface area contributed by atoms with E-state index in [1.54, 1.807) is 0 Å². The highest BCUT2D eigenvalue weighted by atomic mass is 19.4. The molecule has 1 aromatic rings. The minimum Gasteiger partial charge on any atom is -0.391 e. The van der Waals surface area contributed by atoms with E-state index in [0.717, 1.165) is 0 Å². The molecule has 0 heterocycles. The third kappa shape index (κ3) is 5.39. The van der Waals surface area contributed by atoms with Crippen molar-refractivity contribution in [3.05, 3.63) is 34.9 Å². The fourth-order valence-electron chi connectivity index (χ4n) is 2.16. The van der Waals surface area contributed by atoms with Crippen LogP contribution in [0.5, 0.6) is 0 Å². The van der Waals surface area contributed by atoms with Gasteiger partial charge in [0.15, 0.2) is 0 Å². The van der Waals surface area contributed by atoms with Gasteiger partial charge in [-0.05, 0) is 42.5 Å². The number of hydrogen-bond donors (Lipinski definition) is 2. The van der Waals surface area contributed by atoms with Crippen molar-refractivity contribution in [1.29, 1.82) is 0 Å². The quantitative estimate of drug-likeness (QED) is 0.772. The molecular weight excluding hydrogens is 324 g/mol. The van der Waals surface area contributed by atoms with Gasteiger partial charge in [0.2, 0.25) is 0 Å². The Morgan fingerprint density at radius 1 is 1.00 bits per heavy atom. The van der Waals surface area contributed by atoms with E-state index in [1.165, 1.54) is 0 Å². The van der Waals surface area contributed by atoms with Crippen LogP contribution in [-0.4, -0.2) is 11.2 Å². The molecule has 0 aromatic heterocycles. The number of benzene rings is 1. The van der Waals surface area contributed by atoms with E-state index in [0.29, 0.717) is 24.6 Å². The third-order valence-electron chi connectivity index (χ3n) is 3.50. The first-order chi connectivity index (χ1) is 10.3. The van der Waals surface area contributed by atoms with Crippen molar-refractivity contribution in [2.45, 2.75) is 51.2 Å². The van der Waals surface area contributed by atoms with E-state index in [9.17, 15) is 31.4 Å². The van der Waals surface area contributed by atoms with E-state index in [1.807, 2.05) is 13.8 Å². The largest absolute Gasteiger partial charge is 0.416 e. The van der Waals surface area contributed by atoms with Crippen LogP contribution in [0.2, 0.25) is 0 Å². The molecule has 0 saturated heterocycles. The average Bonchev–Trinajstić information content (AvgIpc) is 2.41. The van der Waals surface area contributed by atoms with Gasteiger partial charge in [0.05, 0.1) is 23.3 Å². The normalized spacial score (nSPS) is 15.8. The number of halogens is 6. The van der Waals surface area contributed by atoms with Crippen LogP contribution in [0.1, 0.15) is 49.4 Å². The van der Waals surface area contributed by atoms with Crippen LogP contribution in [-0.2, 0) is 12.4 Å². The zero-order chi connectivity index (χ0) is 18.0. The Kier molecular flexibility index (Phi) is 6.09.